The molecular formula is C22H21N3O3. The number of anilines is 3. The van der Waals surface area contributed by atoms with Crippen LogP contribution in [0.5, 0.6) is 11.5 Å². The van der Waals surface area contributed by atoms with E-state index in [0.717, 1.165) is 33.9 Å². The van der Waals surface area contributed by atoms with Gasteiger partial charge in [0.25, 0.3) is 5.91 Å². The fourth-order valence-electron chi connectivity index (χ4n) is 3.08. The number of benzene rings is 2. The van der Waals surface area contributed by atoms with Crippen LogP contribution in [0.1, 0.15) is 21.6 Å². The maximum absolute atomic E-state index is 12.5. The number of carbonyl (C=O) groups is 1. The molecule has 0 atom stereocenters. The number of ether oxygens (including phenoxy) is 2. The van der Waals surface area contributed by atoms with Gasteiger partial charge in [0, 0.05) is 17.4 Å². The summed E-state index contributed by atoms with van der Waals surface area (Å²) in [6.45, 7) is 5.05. The van der Waals surface area contributed by atoms with Crippen LogP contribution in [0.15, 0.2) is 54.7 Å². The summed E-state index contributed by atoms with van der Waals surface area (Å²) in [5.74, 6) is 1.23. The first-order chi connectivity index (χ1) is 13.6. The fourth-order valence-corrected chi connectivity index (χ4v) is 3.08. The molecule has 0 aliphatic carbocycles. The quantitative estimate of drug-likeness (QED) is 0.704. The van der Waals surface area contributed by atoms with E-state index in [0.29, 0.717) is 24.7 Å². The van der Waals surface area contributed by atoms with Gasteiger partial charge in [0.2, 0.25) is 0 Å². The molecule has 0 spiro atoms. The number of aryl methyl sites for hydroxylation is 2. The van der Waals surface area contributed by atoms with Crippen LogP contribution in [-0.4, -0.2) is 24.1 Å². The summed E-state index contributed by atoms with van der Waals surface area (Å²) in [5, 5.41) is 6.20. The predicted molar refractivity (Wildman–Crippen MR) is 109 cm³/mol. The average Bonchev–Trinajstić information content (AvgIpc) is 2.71. The van der Waals surface area contributed by atoms with Crippen molar-refractivity contribution in [2.75, 3.05) is 23.8 Å². The molecule has 1 amide bonds. The largest absolute Gasteiger partial charge is 0.486 e. The Labute approximate surface area is 163 Å². The number of aromatic nitrogens is 1. The molecule has 4 rings (SSSR count). The summed E-state index contributed by atoms with van der Waals surface area (Å²) in [6.07, 6.45) is 1.64. The Morgan fingerprint density at radius 3 is 2.36 bits per heavy atom. The number of nitrogens with one attached hydrogen (secondary N) is 2. The van der Waals surface area contributed by atoms with Crippen LogP contribution in [0.4, 0.5) is 17.1 Å². The summed E-state index contributed by atoms with van der Waals surface area (Å²) in [4.78, 5) is 16.8. The summed E-state index contributed by atoms with van der Waals surface area (Å²) >= 11 is 0. The van der Waals surface area contributed by atoms with Crippen molar-refractivity contribution in [1.29, 1.82) is 0 Å². The van der Waals surface area contributed by atoms with Gasteiger partial charge in [-0.2, -0.15) is 0 Å². The zero-order valence-corrected chi connectivity index (χ0v) is 15.8. The maximum Gasteiger partial charge on any atom is 0.274 e. The van der Waals surface area contributed by atoms with Crippen molar-refractivity contribution in [3.05, 3.63) is 71.5 Å². The molecule has 2 N–H and O–H groups in total. The van der Waals surface area contributed by atoms with Crippen molar-refractivity contribution in [2.24, 2.45) is 0 Å². The van der Waals surface area contributed by atoms with Gasteiger partial charge in [-0.05, 0) is 49.2 Å². The SMILES string of the molecule is Cc1cccc(C)c1NC(=O)c1ccc(Nc2ccc3c(c2)OCCO3)cn1. The minimum absolute atomic E-state index is 0.233. The number of rotatable bonds is 4. The van der Waals surface area contributed by atoms with Crippen molar-refractivity contribution in [1.82, 2.24) is 4.98 Å². The Hall–Kier alpha value is -3.54. The lowest BCUT2D eigenvalue weighted by molar-refractivity contribution is 0.102. The van der Waals surface area contributed by atoms with E-state index in [1.807, 2.05) is 56.3 Å². The van der Waals surface area contributed by atoms with Gasteiger partial charge in [0.05, 0.1) is 11.9 Å². The first kappa shape index (κ1) is 17.9. The molecule has 0 bridgehead atoms. The van der Waals surface area contributed by atoms with Crippen molar-refractivity contribution in [3.8, 4) is 11.5 Å². The Balaban J connectivity index is 1.46. The number of hydrogen-bond acceptors (Lipinski definition) is 5. The van der Waals surface area contributed by atoms with Crippen LogP contribution in [-0.2, 0) is 0 Å². The third-order valence-electron chi connectivity index (χ3n) is 4.55. The van der Waals surface area contributed by atoms with Gasteiger partial charge in [-0.1, -0.05) is 18.2 Å². The van der Waals surface area contributed by atoms with E-state index in [1.165, 1.54) is 0 Å². The van der Waals surface area contributed by atoms with Crippen LogP contribution in [0.25, 0.3) is 0 Å². The molecule has 2 heterocycles. The molecule has 6 nitrogen and oxygen atoms in total. The van der Waals surface area contributed by atoms with E-state index in [-0.39, 0.29) is 5.91 Å². The van der Waals surface area contributed by atoms with Crippen LogP contribution in [0.2, 0.25) is 0 Å². The van der Waals surface area contributed by atoms with Gasteiger partial charge in [-0.15, -0.1) is 0 Å². The summed E-state index contributed by atoms with van der Waals surface area (Å²) in [7, 11) is 0. The maximum atomic E-state index is 12.5. The second-order valence-corrected chi connectivity index (χ2v) is 6.64. The topological polar surface area (TPSA) is 72.5 Å². The number of pyridine rings is 1. The van der Waals surface area contributed by atoms with Crippen LogP contribution in [0, 0.1) is 13.8 Å². The Morgan fingerprint density at radius 2 is 1.64 bits per heavy atom. The van der Waals surface area contributed by atoms with E-state index < -0.39 is 0 Å². The lowest BCUT2D eigenvalue weighted by atomic mass is 10.1. The molecule has 1 aliphatic rings. The van der Waals surface area contributed by atoms with Crippen molar-refractivity contribution >= 4 is 23.0 Å². The number of hydrogen-bond donors (Lipinski definition) is 2. The van der Waals surface area contributed by atoms with Crippen LogP contribution in [0.3, 0.4) is 0 Å². The highest BCUT2D eigenvalue weighted by Crippen LogP contribution is 2.33. The summed E-state index contributed by atoms with van der Waals surface area (Å²) in [6, 6.07) is 15.1. The lowest BCUT2D eigenvalue weighted by Crippen LogP contribution is -2.15. The van der Waals surface area contributed by atoms with Gasteiger partial charge in [0.1, 0.15) is 18.9 Å². The lowest BCUT2D eigenvalue weighted by Gasteiger charge is -2.19. The van der Waals surface area contributed by atoms with E-state index in [2.05, 4.69) is 15.6 Å². The average molecular weight is 375 g/mol. The van der Waals surface area contributed by atoms with Gasteiger partial charge >= 0.3 is 0 Å². The highest BCUT2D eigenvalue weighted by molar-refractivity contribution is 6.03. The van der Waals surface area contributed by atoms with Crippen LogP contribution >= 0.6 is 0 Å². The van der Waals surface area contributed by atoms with Crippen molar-refractivity contribution in [2.45, 2.75) is 13.8 Å². The first-order valence-corrected chi connectivity index (χ1v) is 9.10. The van der Waals surface area contributed by atoms with Crippen LogP contribution < -0.4 is 20.1 Å². The molecule has 1 aliphatic heterocycles. The highest BCUT2D eigenvalue weighted by Gasteiger charge is 2.13. The molecule has 0 radical (unpaired) electrons. The number of carbonyl (C=O) groups excluding carboxylic acids is 1. The predicted octanol–water partition coefficient (Wildman–Crippen LogP) is 4.47. The molecule has 0 saturated heterocycles. The molecule has 28 heavy (non-hydrogen) atoms. The summed E-state index contributed by atoms with van der Waals surface area (Å²) < 4.78 is 11.1. The molecule has 2 aromatic carbocycles. The number of nitrogens with zero attached hydrogens (tertiary/aromatic N) is 1. The Morgan fingerprint density at radius 1 is 0.929 bits per heavy atom. The second-order valence-electron chi connectivity index (χ2n) is 6.64. The monoisotopic (exact) mass is 375 g/mol. The molecule has 1 aromatic heterocycles. The van der Waals surface area contributed by atoms with Crippen molar-refractivity contribution < 1.29 is 14.3 Å². The van der Waals surface area contributed by atoms with Gasteiger partial charge in [0.15, 0.2) is 11.5 Å². The minimum atomic E-state index is -0.233. The van der Waals surface area contributed by atoms with E-state index in [4.69, 9.17) is 9.47 Å². The number of fused-ring (bicyclic) bond motifs is 1. The Bertz CT molecular complexity index is 996. The standard InChI is InChI=1S/C22H21N3O3/c1-14-4-3-5-15(2)21(14)25-22(26)18-8-6-17(13-23-18)24-16-7-9-19-20(12-16)28-11-10-27-19/h3-9,12-13,24H,10-11H2,1-2H3,(H,25,26). The molecule has 142 valence electrons. The third-order valence-corrected chi connectivity index (χ3v) is 4.55. The van der Waals surface area contributed by atoms with E-state index in [1.54, 1.807) is 12.3 Å². The highest BCUT2D eigenvalue weighted by atomic mass is 16.6. The summed E-state index contributed by atoms with van der Waals surface area (Å²) in [5.41, 5.74) is 4.86. The number of amides is 1. The molecule has 0 fully saturated rings. The number of para-hydroxylation sites is 1. The molecule has 0 unspecified atom stereocenters. The molecular weight excluding hydrogens is 354 g/mol. The van der Waals surface area contributed by atoms with Gasteiger partial charge in [-0.25, -0.2) is 4.98 Å². The smallest absolute Gasteiger partial charge is 0.274 e. The minimum Gasteiger partial charge on any atom is -0.486 e. The van der Waals surface area contributed by atoms with E-state index in [9.17, 15) is 4.79 Å². The molecule has 3 aromatic rings. The molecule has 0 saturated carbocycles. The zero-order chi connectivity index (χ0) is 19.5. The Kier molecular flexibility index (Phi) is 4.85. The fraction of sp³-hybridized carbons (Fsp3) is 0.182. The van der Waals surface area contributed by atoms with Gasteiger partial charge < -0.3 is 20.1 Å². The normalized spacial score (nSPS) is 12.4. The molecule has 6 heteroatoms. The second kappa shape index (κ2) is 7.60. The van der Waals surface area contributed by atoms with E-state index >= 15 is 0 Å². The third kappa shape index (κ3) is 3.76. The van der Waals surface area contributed by atoms with Gasteiger partial charge in [-0.3, -0.25) is 4.79 Å². The van der Waals surface area contributed by atoms with Crippen molar-refractivity contribution in [3.63, 3.8) is 0 Å². The first-order valence-electron chi connectivity index (χ1n) is 9.10. The zero-order valence-electron chi connectivity index (χ0n) is 15.8.